The van der Waals surface area contributed by atoms with Crippen molar-refractivity contribution in [3.8, 4) is 0 Å². The van der Waals surface area contributed by atoms with E-state index in [1.165, 1.54) is 24.1 Å². The van der Waals surface area contributed by atoms with Crippen LogP contribution >= 0.6 is 0 Å². The largest absolute Gasteiger partial charge is 0.362 e. The van der Waals surface area contributed by atoms with Crippen molar-refractivity contribution in [2.24, 2.45) is 5.73 Å². The lowest BCUT2D eigenvalue weighted by Gasteiger charge is -2.34. The van der Waals surface area contributed by atoms with Gasteiger partial charge >= 0.3 is 0 Å². The van der Waals surface area contributed by atoms with E-state index < -0.39 is 0 Å². The summed E-state index contributed by atoms with van der Waals surface area (Å²) in [5.41, 5.74) is 8.76. The fraction of sp³-hybridized carbons (Fsp3) is 0.500. The van der Waals surface area contributed by atoms with Gasteiger partial charge in [0.1, 0.15) is 0 Å². The molecule has 1 aliphatic carbocycles. The molecule has 1 atom stereocenters. The maximum Gasteiger partial charge on any atom is 0.170 e. The summed E-state index contributed by atoms with van der Waals surface area (Å²) in [4.78, 5) is 2.30. The number of hydrogen-bond acceptors (Lipinski definition) is 5. The molecule has 2 N–H and O–H groups in total. The molecule has 4 rings (SSSR count). The summed E-state index contributed by atoms with van der Waals surface area (Å²) in [6, 6.07) is 9.15. The van der Waals surface area contributed by atoms with Crippen LogP contribution in [0.25, 0.3) is 0 Å². The van der Waals surface area contributed by atoms with Crippen molar-refractivity contribution in [2.75, 3.05) is 11.4 Å². The first-order valence-electron chi connectivity index (χ1n) is 7.16. The van der Waals surface area contributed by atoms with Crippen LogP contribution in [0, 0.1) is 0 Å². The van der Waals surface area contributed by atoms with Gasteiger partial charge < -0.3 is 10.6 Å². The van der Waals surface area contributed by atoms with E-state index in [1.54, 1.807) is 0 Å². The number of anilines is 1. The van der Waals surface area contributed by atoms with Crippen LogP contribution in [0.15, 0.2) is 24.3 Å². The van der Waals surface area contributed by atoms with E-state index in [2.05, 4.69) is 44.7 Å². The van der Waals surface area contributed by atoms with E-state index in [0.717, 1.165) is 25.3 Å². The Bertz CT molecular complexity index is 618. The van der Waals surface area contributed by atoms with Crippen LogP contribution in [0.5, 0.6) is 0 Å². The van der Waals surface area contributed by atoms with E-state index >= 15 is 0 Å². The molecule has 1 aromatic heterocycles. The maximum absolute atomic E-state index is 6.18. The minimum Gasteiger partial charge on any atom is -0.362 e. The Morgan fingerprint density at radius 3 is 2.95 bits per heavy atom. The molecule has 0 radical (unpaired) electrons. The topological polar surface area (TPSA) is 72.9 Å². The molecule has 1 fully saturated rings. The molecule has 0 saturated heterocycles. The van der Waals surface area contributed by atoms with Gasteiger partial charge in [-0.1, -0.05) is 18.2 Å². The highest BCUT2D eigenvalue weighted by atomic mass is 15.6. The van der Waals surface area contributed by atoms with E-state index in [0.29, 0.717) is 6.04 Å². The number of fused-ring (bicyclic) bond motifs is 1. The number of hydrogen-bond donors (Lipinski definition) is 1. The molecule has 0 amide bonds. The van der Waals surface area contributed by atoms with Crippen LogP contribution in [-0.2, 0) is 13.0 Å². The number of para-hydroxylation sites is 1. The van der Waals surface area contributed by atoms with Crippen LogP contribution < -0.4 is 10.6 Å². The highest BCUT2D eigenvalue weighted by Gasteiger charge is 2.29. The quantitative estimate of drug-likeness (QED) is 0.897. The molecule has 2 aromatic rings. The lowest BCUT2D eigenvalue weighted by atomic mass is 9.98. The Labute approximate surface area is 117 Å². The first-order valence-corrected chi connectivity index (χ1v) is 7.16. The standard InChI is InChI=1S/C14H18N6/c15-11-7-10-3-1-2-4-13(10)19(8-11)9-14-16-17-18-20(14)12-5-6-12/h1-4,11-12H,5-9,15H2. The van der Waals surface area contributed by atoms with Crippen molar-refractivity contribution >= 4 is 5.69 Å². The Balaban J connectivity index is 1.63. The lowest BCUT2D eigenvalue weighted by Crippen LogP contribution is -2.43. The fourth-order valence-corrected chi connectivity index (χ4v) is 2.96. The minimum atomic E-state index is 0.176. The van der Waals surface area contributed by atoms with Crippen molar-refractivity contribution < 1.29 is 0 Å². The molecule has 104 valence electrons. The molecule has 2 heterocycles. The van der Waals surface area contributed by atoms with Gasteiger partial charge in [0, 0.05) is 18.3 Å². The molecule has 1 saturated carbocycles. The van der Waals surface area contributed by atoms with Gasteiger partial charge in [-0.05, 0) is 41.3 Å². The Morgan fingerprint density at radius 1 is 1.25 bits per heavy atom. The number of nitrogens with zero attached hydrogens (tertiary/aromatic N) is 5. The number of aromatic nitrogens is 4. The minimum absolute atomic E-state index is 0.176. The van der Waals surface area contributed by atoms with Gasteiger partial charge in [-0.25, -0.2) is 4.68 Å². The summed E-state index contributed by atoms with van der Waals surface area (Å²) in [5.74, 6) is 0.941. The van der Waals surface area contributed by atoms with Crippen molar-refractivity contribution in [1.82, 2.24) is 20.2 Å². The van der Waals surface area contributed by atoms with E-state index in [9.17, 15) is 0 Å². The van der Waals surface area contributed by atoms with E-state index in [1.807, 2.05) is 4.68 Å². The zero-order chi connectivity index (χ0) is 13.5. The number of tetrazole rings is 1. The van der Waals surface area contributed by atoms with Gasteiger partial charge in [-0.15, -0.1) is 5.10 Å². The monoisotopic (exact) mass is 270 g/mol. The van der Waals surface area contributed by atoms with Gasteiger partial charge in [0.05, 0.1) is 12.6 Å². The molecule has 0 spiro atoms. The van der Waals surface area contributed by atoms with Gasteiger partial charge in [0.2, 0.25) is 0 Å². The maximum atomic E-state index is 6.18. The highest BCUT2D eigenvalue weighted by molar-refractivity contribution is 5.56. The molecule has 2 aliphatic rings. The normalized spacial score (nSPS) is 21.9. The number of rotatable bonds is 3. The number of benzene rings is 1. The third kappa shape index (κ3) is 2.06. The molecule has 20 heavy (non-hydrogen) atoms. The highest BCUT2D eigenvalue weighted by Crippen LogP contribution is 2.35. The summed E-state index contributed by atoms with van der Waals surface area (Å²) < 4.78 is 1.97. The first kappa shape index (κ1) is 11.8. The molecule has 1 aliphatic heterocycles. The SMILES string of the molecule is NC1Cc2ccccc2N(Cc2nnnn2C2CC2)C1. The molecular formula is C14H18N6. The van der Waals surface area contributed by atoms with Crippen molar-refractivity contribution in [1.29, 1.82) is 0 Å². The molecule has 1 aromatic carbocycles. The molecule has 6 nitrogen and oxygen atoms in total. The van der Waals surface area contributed by atoms with Crippen LogP contribution in [0.2, 0.25) is 0 Å². The van der Waals surface area contributed by atoms with Crippen molar-refractivity contribution in [2.45, 2.75) is 37.9 Å². The first-order chi connectivity index (χ1) is 9.81. The third-order valence-corrected chi connectivity index (χ3v) is 4.06. The van der Waals surface area contributed by atoms with Gasteiger partial charge in [0.25, 0.3) is 0 Å². The van der Waals surface area contributed by atoms with Crippen molar-refractivity contribution in [3.05, 3.63) is 35.7 Å². The second-order valence-electron chi connectivity index (χ2n) is 5.74. The zero-order valence-corrected chi connectivity index (χ0v) is 11.3. The van der Waals surface area contributed by atoms with Crippen molar-refractivity contribution in [3.63, 3.8) is 0 Å². The molecular weight excluding hydrogens is 252 g/mol. The van der Waals surface area contributed by atoms with E-state index in [4.69, 9.17) is 5.73 Å². The second-order valence-corrected chi connectivity index (χ2v) is 5.74. The second kappa shape index (κ2) is 4.56. The fourth-order valence-electron chi connectivity index (χ4n) is 2.96. The van der Waals surface area contributed by atoms with E-state index in [-0.39, 0.29) is 6.04 Å². The summed E-state index contributed by atoms with van der Waals surface area (Å²) >= 11 is 0. The lowest BCUT2D eigenvalue weighted by molar-refractivity contribution is 0.550. The summed E-state index contributed by atoms with van der Waals surface area (Å²) in [7, 11) is 0. The summed E-state index contributed by atoms with van der Waals surface area (Å²) in [6.45, 7) is 1.59. The average molecular weight is 270 g/mol. The average Bonchev–Trinajstić information content (AvgIpc) is 3.19. The predicted octanol–water partition coefficient (Wildman–Crippen LogP) is 0.898. The molecule has 1 unspecified atom stereocenters. The Hall–Kier alpha value is -1.95. The van der Waals surface area contributed by atoms with Crippen LogP contribution in [0.1, 0.15) is 30.3 Å². The molecule has 0 bridgehead atoms. The summed E-state index contributed by atoms with van der Waals surface area (Å²) in [5, 5.41) is 12.1. The van der Waals surface area contributed by atoms with Gasteiger partial charge in [0.15, 0.2) is 5.82 Å². The van der Waals surface area contributed by atoms with Crippen LogP contribution in [0.3, 0.4) is 0 Å². The van der Waals surface area contributed by atoms with Gasteiger partial charge in [-0.3, -0.25) is 0 Å². The third-order valence-electron chi connectivity index (χ3n) is 4.06. The Morgan fingerprint density at radius 2 is 2.10 bits per heavy atom. The van der Waals surface area contributed by atoms with Crippen LogP contribution in [0.4, 0.5) is 5.69 Å². The number of nitrogens with two attached hydrogens (primary N) is 1. The molecule has 6 heteroatoms. The predicted molar refractivity (Wildman–Crippen MR) is 75.3 cm³/mol. The van der Waals surface area contributed by atoms with Gasteiger partial charge in [-0.2, -0.15) is 0 Å². The Kier molecular flexibility index (Phi) is 2.70. The van der Waals surface area contributed by atoms with Crippen LogP contribution in [-0.4, -0.2) is 32.8 Å². The zero-order valence-electron chi connectivity index (χ0n) is 11.3. The summed E-state index contributed by atoms with van der Waals surface area (Å²) in [6.07, 6.45) is 3.32. The smallest absolute Gasteiger partial charge is 0.170 e.